The van der Waals surface area contributed by atoms with E-state index in [1.165, 1.54) is 55.5 Å². The Morgan fingerprint density at radius 1 is 0.824 bits per heavy atom. The third-order valence-electron chi connectivity index (χ3n) is 4.55. The number of esters is 1. The molecule has 0 radical (unpaired) electrons. The Balaban J connectivity index is 1.80. The average molecular weight is 473 g/mol. The molecule has 0 heterocycles. The van der Waals surface area contributed by atoms with Crippen LogP contribution in [0, 0.1) is 0 Å². The van der Waals surface area contributed by atoms with Gasteiger partial charge in [0.15, 0.2) is 0 Å². The van der Waals surface area contributed by atoms with E-state index in [0.717, 1.165) is 4.90 Å². The van der Waals surface area contributed by atoms with Crippen molar-refractivity contribution >= 4 is 23.5 Å². The molecular formula is C24H18F3NO6. The molecule has 0 saturated carbocycles. The minimum Gasteiger partial charge on any atom is -0.474 e. The van der Waals surface area contributed by atoms with Gasteiger partial charge in [0.1, 0.15) is 11.5 Å². The molecule has 0 aromatic heterocycles. The van der Waals surface area contributed by atoms with E-state index in [1.54, 1.807) is 24.3 Å². The van der Waals surface area contributed by atoms with Gasteiger partial charge in [-0.3, -0.25) is 14.5 Å². The number of carboxylic acids is 1. The quantitative estimate of drug-likeness (QED) is 0.314. The number of carboxylic acid groups (broad SMARTS) is 1. The van der Waals surface area contributed by atoms with Crippen LogP contribution in [-0.2, 0) is 20.9 Å². The number of benzene rings is 3. The first kappa shape index (κ1) is 24.3. The van der Waals surface area contributed by atoms with Crippen molar-refractivity contribution in [2.45, 2.75) is 19.8 Å². The summed E-state index contributed by atoms with van der Waals surface area (Å²) in [7, 11) is 0. The number of aliphatic carboxylic acids is 1. The summed E-state index contributed by atoms with van der Waals surface area (Å²) < 4.78 is 45.8. The SMILES string of the molecule is CC(=O)Oc1ccc(CN(C(=O)C(=O)O)c2ccc(-c3ccc(OC(F)(F)F)cc3)cc2)cc1. The molecule has 1 amide bonds. The Labute approximate surface area is 191 Å². The second-order valence-corrected chi connectivity index (χ2v) is 7.05. The number of nitrogens with zero attached hydrogens (tertiary/aromatic N) is 1. The van der Waals surface area contributed by atoms with E-state index in [4.69, 9.17) is 4.74 Å². The van der Waals surface area contributed by atoms with Crippen molar-refractivity contribution in [2.75, 3.05) is 4.90 Å². The smallest absolute Gasteiger partial charge is 0.474 e. The fraction of sp³-hybridized carbons (Fsp3) is 0.125. The summed E-state index contributed by atoms with van der Waals surface area (Å²) in [6, 6.07) is 17.8. The first-order valence-electron chi connectivity index (χ1n) is 9.80. The van der Waals surface area contributed by atoms with Crippen molar-refractivity contribution in [3.8, 4) is 22.6 Å². The molecule has 0 aliphatic heterocycles. The van der Waals surface area contributed by atoms with Gasteiger partial charge in [0.25, 0.3) is 0 Å². The van der Waals surface area contributed by atoms with Crippen LogP contribution in [0.25, 0.3) is 11.1 Å². The Hall–Kier alpha value is -4.34. The van der Waals surface area contributed by atoms with Gasteiger partial charge in [0.2, 0.25) is 0 Å². The van der Waals surface area contributed by atoms with Crippen LogP contribution < -0.4 is 14.4 Å². The lowest BCUT2D eigenvalue weighted by molar-refractivity contribution is -0.274. The first-order valence-corrected chi connectivity index (χ1v) is 9.80. The lowest BCUT2D eigenvalue weighted by Crippen LogP contribution is -2.36. The minimum absolute atomic E-state index is 0.0612. The number of amides is 1. The number of anilines is 1. The largest absolute Gasteiger partial charge is 0.573 e. The molecule has 0 unspecified atom stereocenters. The van der Waals surface area contributed by atoms with Gasteiger partial charge in [-0.2, -0.15) is 0 Å². The van der Waals surface area contributed by atoms with Gasteiger partial charge >= 0.3 is 24.2 Å². The summed E-state index contributed by atoms with van der Waals surface area (Å²) in [6.45, 7) is 1.20. The van der Waals surface area contributed by atoms with E-state index in [2.05, 4.69) is 4.74 Å². The van der Waals surface area contributed by atoms with Crippen molar-refractivity contribution in [1.29, 1.82) is 0 Å². The molecule has 3 aromatic rings. The molecule has 34 heavy (non-hydrogen) atoms. The Bertz CT molecular complexity index is 1170. The van der Waals surface area contributed by atoms with Gasteiger partial charge in [0.05, 0.1) is 6.54 Å². The topological polar surface area (TPSA) is 93.1 Å². The summed E-state index contributed by atoms with van der Waals surface area (Å²) in [4.78, 5) is 35.8. The first-order chi connectivity index (χ1) is 16.0. The Kier molecular flexibility index (Phi) is 7.20. The lowest BCUT2D eigenvalue weighted by atomic mass is 10.0. The lowest BCUT2D eigenvalue weighted by Gasteiger charge is -2.21. The fourth-order valence-corrected chi connectivity index (χ4v) is 3.09. The number of carbonyl (C=O) groups is 3. The number of ether oxygens (including phenoxy) is 2. The zero-order chi connectivity index (χ0) is 24.9. The summed E-state index contributed by atoms with van der Waals surface area (Å²) in [5.41, 5.74) is 2.13. The van der Waals surface area contributed by atoms with Gasteiger partial charge in [-0.25, -0.2) is 4.79 Å². The third-order valence-corrected chi connectivity index (χ3v) is 4.55. The maximum absolute atomic E-state index is 12.3. The molecule has 0 fully saturated rings. The van der Waals surface area contributed by atoms with Crippen LogP contribution in [-0.4, -0.2) is 29.3 Å². The molecule has 1 N–H and O–H groups in total. The van der Waals surface area contributed by atoms with Gasteiger partial charge in [0, 0.05) is 12.6 Å². The van der Waals surface area contributed by atoms with Gasteiger partial charge in [-0.05, 0) is 53.1 Å². The monoisotopic (exact) mass is 473 g/mol. The highest BCUT2D eigenvalue weighted by atomic mass is 19.4. The minimum atomic E-state index is -4.79. The van der Waals surface area contributed by atoms with Gasteiger partial charge in [-0.15, -0.1) is 13.2 Å². The number of rotatable bonds is 6. The highest BCUT2D eigenvalue weighted by molar-refractivity contribution is 6.37. The zero-order valence-electron chi connectivity index (χ0n) is 17.7. The standard InChI is InChI=1S/C24H18F3NO6/c1-15(29)33-20-10-2-16(3-11-20)14-28(22(30)23(31)32)19-8-4-17(5-9-19)18-6-12-21(13-7-18)34-24(25,26)27/h2-13H,14H2,1H3,(H,31,32). The highest BCUT2D eigenvalue weighted by Gasteiger charge is 2.31. The van der Waals surface area contributed by atoms with Gasteiger partial charge < -0.3 is 14.6 Å². The molecule has 0 spiro atoms. The third kappa shape index (κ3) is 6.58. The summed E-state index contributed by atoms with van der Waals surface area (Å²) in [6.07, 6.45) is -4.79. The summed E-state index contributed by atoms with van der Waals surface area (Å²) in [5.74, 6) is -3.32. The van der Waals surface area contributed by atoms with Crippen LogP contribution in [0.1, 0.15) is 12.5 Å². The summed E-state index contributed by atoms with van der Waals surface area (Å²) >= 11 is 0. The number of halogens is 3. The van der Waals surface area contributed by atoms with Crippen molar-refractivity contribution in [3.05, 3.63) is 78.4 Å². The zero-order valence-corrected chi connectivity index (χ0v) is 17.7. The van der Waals surface area contributed by atoms with Crippen LogP contribution in [0.15, 0.2) is 72.8 Å². The van der Waals surface area contributed by atoms with Crippen LogP contribution >= 0.6 is 0 Å². The molecule has 176 valence electrons. The van der Waals surface area contributed by atoms with Gasteiger partial charge in [-0.1, -0.05) is 36.4 Å². The second-order valence-electron chi connectivity index (χ2n) is 7.05. The highest BCUT2D eigenvalue weighted by Crippen LogP contribution is 2.28. The molecule has 0 bridgehead atoms. The molecule has 0 atom stereocenters. The second kappa shape index (κ2) is 10.1. The molecule has 3 aromatic carbocycles. The summed E-state index contributed by atoms with van der Waals surface area (Å²) in [5, 5.41) is 9.23. The molecule has 0 aliphatic rings. The molecule has 10 heteroatoms. The predicted octanol–water partition coefficient (Wildman–Crippen LogP) is 4.80. The number of alkyl halides is 3. The number of hydrogen-bond acceptors (Lipinski definition) is 5. The normalized spacial score (nSPS) is 10.9. The van der Waals surface area contributed by atoms with Crippen LogP contribution in [0.4, 0.5) is 18.9 Å². The number of carbonyl (C=O) groups excluding carboxylic acids is 2. The van der Waals surface area contributed by atoms with E-state index in [9.17, 15) is 32.7 Å². The van der Waals surface area contributed by atoms with E-state index in [0.29, 0.717) is 28.1 Å². The van der Waals surface area contributed by atoms with Crippen LogP contribution in [0.3, 0.4) is 0 Å². The predicted molar refractivity (Wildman–Crippen MR) is 115 cm³/mol. The maximum atomic E-state index is 12.3. The number of hydrogen-bond donors (Lipinski definition) is 1. The van der Waals surface area contributed by atoms with E-state index < -0.39 is 24.2 Å². The molecule has 0 saturated heterocycles. The van der Waals surface area contributed by atoms with E-state index in [1.807, 2.05) is 0 Å². The van der Waals surface area contributed by atoms with Crippen LogP contribution in [0.5, 0.6) is 11.5 Å². The fourth-order valence-electron chi connectivity index (χ4n) is 3.09. The van der Waals surface area contributed by atoms with Crippen molar-refractivity contribution < 1.29 is 42.1 Å². The Morgan fingerprint density at radius 2 is 1.32 bits per heavy atom. The maximum Gasteiger partial charge on any atom is 0.573 e. The van der Waals surface area contributed by atoms with Crippen molar-refractivity contribution in [2.24, 2.45) is 0 Å². The molecule has 0 aliphatic carbocycles. The molecular weight excluding hydrogens is 455 g/mol. The van der Waals surface area contributed by atoms with E-state index in [-0.39, 0.29) is 12.3 Å². The van der Waals surface area contributed by atoms with Crippen molar-refractivity contribution in [3.63, 3.8) is 0 Å². The average Bonchev–Trinajstić information content (AvgIpc) is 2.77. The molecule has 7 nitrogen and oxygen atoms in total. The Morgan fingerprint density at radius 3 is 1.79 bits per heavy atom. The van der Waals surface area contributed by atoms with Crippen molar-refractivity contribution in [1.82, 2.24) is 0 Å². The van der Waals surface area contributed by atoms with Crippen LogP contribution in [0.2, 0.25) is 0 Å². The molecule has 3 rings (SSSR count). The van der Waals surface area contributed by atoms with E-state index >= 15 is 0 Å².